The molecule has 2 atom stereocenters. The monoisotopic (exact) mass is 388 g/mol. The fourth-order valence-corrected chi connectivity index (χ4v) is 3.10. The van der Waals surface area contributed by atoms with Gasteiger partial charge in [-0.3, -0.25) is 10.1 Å². The van der Waals surface area contributed by atoms with Gasteiger partial charge < -0.3 is 5.11 Å². The molecule has 1 heterocycles. The lowest BCUT2D eigenvalue weighted by Crippen LogP contribution is -2.45. The molecule has 1 aromatic heterocycles. The minimum Gasteiger partial charge on any atom is -0.480 e. The third kappa shape index (κ3) is 5.99. The maximum absolute atomic E-state index is 13.4. The molecule has 26 heavy (non-hydrogen) atoms. The van der Waals surface area contributed by atoms with Gasteiger partial charge in [-0.2, -0.15) is 13.2 Å². The first-order valence-electron chi connectivity index (χ1n) is 7.62. The molecule has 2 aromatic rings. The van der Waals surface area contributed by atoms with Gasteiger partial charge >= 0.3 is 12.1 Å². The lowest BCUT2D eigenvalue weighted by molar-refractivity contribution is -0.163. The van der Waals surface area contributed by atoms with Crippen LogP contribution in [0.25, 0.3) is 0 Å². The number of thioether (sulfide) groups is 1. The summed E-state index contributed by atoms with van der Waals surface area (Å²) in [6.45, 7) is 0. The van der Waals surface area contributed by atoms with E-state index in [4.69, 9.17) is 0 Å². The van der Waals surface area contributed by atoms with Crippen LogP contribution in [-0.4, -0.2) is 34.0 Å². The molecule has 4 nitrogen and oxygen atoms in total. The van der Waals surface area contributed by atoms with Crippen LogP contribution in [-0.2, 0) is 4.79 Å². The number of nitrogens with one attached hydrogen (secondary N) is 1. The average molecular weight is 388 g/mol. The molecule has 0 aliphatic carbocycles. The average Bonchev–Trinajstić information content (AvgIpc) is 2.58. The zero-order chi connectivity index (χ0) is 19.2. The van der Waals surface area contributed by atoms with E-state index in [1.54, 1.807) is 24.4 Å². The van der Waals surface area contributed by atoms with Crippen LogP contribution in [0.3, 0.4) is 0 Å². The van der Waals surface area contributed by atoms with Crippen molar-refractivity contribution in [2.75, 3.05) is 5.75 Å². The Hall–Kier alpha value is -2.13. The number of aromatic nitrogens is 1. The number of carbonyl (C=O) groups is 1. The van der Waals surface area contributed by atoms with Crippen molar-refractivity contribution in [3.63, 3.8) is 0 Å². The van der Waals surface area contributed by atoms with E-state index in [1.807, 2.05) is 0 Å². The predicted octanol–water partition coefficient (Wildman–Crippen LogP) is 4.05. The third-order valence-electron chi connectivity index (χ3n) is 3.49. The molecule has 9 heteroatoms. The van der Waals surface area contributed by atoms with Gasteiger partial charge in [0.25, 0.3) is 0 Å². The van der Waals surface area contributed by atoms with Gasteiger partial charge in [0, 0.05) is 11.9 Å². The van der Waals surface area contributed by atoms with Gasteiger partial charge in [0.05, 0.1) is 5.03 Å². The van der Waals surface area contributed by atoms with E-state index in [1.165, 1.54) is 11.8 Å². The summed E-state index contributed by atoms with van der Waals surface area (Å²) >= 11 is 1.25. The number of hydrogen-bond donors (Lipinski definition) is 2. The molecule has 0 saturated heterocycles. The quantitative estimate of drug-likeness (QED) is 0.528. The normalized spacial score (nSPS) is 14.0. The van der Waals surface area contributed by atoms with Crippen molar-refractivity contribution < 1.29 is 27.5 Å². The van der Waals surface area contributed by atoms with Crippen molar-refractivity contribution in [2.24, 2.45) is 0 Å². The number of hydrogen-bond acceptors (Lipinski definition) is 4. The number of carboxylic acid groups (broad SMARTS) is 1. The van der Waals surface area contributed by atoms with Crippen LogP contribution in [0.5, 0.6) is 0 Å². The highest BCUT2D eigenvalue weighted by Crippen LogP contribution is 2.33. The van der Waals surface area contributed by atoms with Crippen LogP contribution in [0, 0.1) is 5.82 Å². The molecule has 0 saturated carbocycles. The zero-order valence-electron chi connectivity index (χ0n) is 13.4. The number of alkyl halides is 3. The van der Waals surface area contributed by atoms with Gasteiger partial charge in [-0.25, -0.2) is 9.37 Å². The second-order valence-corrected chi connectivity index (χ2v) is 6.50. The summed E-state index contributed by atoms with van der Waals surface area (Å²) in [7, 11) is 0. The Morgan fingerprint density at radius 1 is 1.19 bits per heavy atom. The number of halogens is 4. The number of nitrogens with zero attached hydrogens (tertiary/aromatic N) is 1. The van der Waals surface area contributed by atoms with Crippen LogP contribution in [0.2, 0.25) is 0 Å². The van der Waals surface area contributed by atoms with E-state index in [2.05, 4.69) is 10.3 Å². The zero-order valence-corrected chi connectivity index (χ0v) is 14.2. The van der Waals surface area contributed by atoms with Gasteiger partial charge in [0.2, 0.25) is 0 Å². The molecule has 0 spiro atoms. The smallest absolute Gasteiger partial charge is 0.407 e. The van der Waals surface area contributed by atoms with Crippen LogP contribution >= 0.6 is 11.8 Å². The molecule has 2 N–H and O–H groups in total. The van der Waals surface area contributed by atoms with Crippen molar-refractivity contribution in [3.8, 4) is 0 Å². The first kappa shape index (κ1) is 20.2. The van der Waals surface area contributed by atoms with E-state index >= 15 is 0 Å². The molecule has 0 radical (unpaired) electrons. The molecule has 1 unspecified atom stereocenters. The summed E-state index contributed by atoms with van der Waals surface area (Å²) < 4.78 is 53.0. The minimum atomic E-state index is -4.72. The van der Waals surface area contributed by atoms with Crippen molar-refractivity contribution in [2.45, 2.75) is 29.7 Å². The van der Waals surface area contributed by atoms with Gasteiger partial charge in [-0.1, -0.05) is 18.2 Å². The third-order valence-corrected chi connectivity index (χ3v) is 4.47. The molecule has 0 amide bonds. The molecule has 140 valence electrons. The second-order valence-electron chi connectivity index (χ2n) is 5.39. The fraction of sp³-hybridized carbons (Fsp3) is 0.294. The molecule has 0 bridgehead atoms. The predicted molar refractivity (Wildman–Crippen MR) is 89.3 cm³/mol. The van der Waals surface area contributed by atoms with Crippen molar-refractivity contribution in [1.82, 2.24) is 10.3 Å². The summed E-state index contributed by atoms with van der Waals surface area (Å²) in [4.78, 5) is 15.4. The Balaban J connectivity index is 2.06. The number of pyridine rings is 1. The molecule has 0 fully saturated rings. The van der Waals surface area contributed by atoms with Crippen molar-refractivity contribution >= 4 is 17.7 Å². The standard InChI is InChI=1S/C17H16F4N2O2S/c18-12-6-4-11(5-7-12)15(17(19,20)21)23-13(16(24)25)8-10-26-14-3-1-2-9-22-14/h1-7,9,13,15,23H,8,10H2,(H,24,25)/t13?,15-/m0/s1. The molecular formula is C17H16F4N2O2S. The topological polar surface area (TPSA) is 62.2 Å². The Morgan fingerprint density at radius 2 is 1.88 bits per heavy atom. The van der Waals surface area contributed by atoms with Crippen molar-refractivity contribution in [3.05, 3.63) is 60.0 Å². The number of rotatable bonds is 8. The van der Waals surface area contributed by atoms with Crippen LogP contribution in [0.1, 0.15) is 18.0 Å². The lowest BCUT2D eigenvalue weighted by atomic mass is 10.0. The fourth-order valence-electron chi connectivity index (χ4n) is 2.23. The number of carboxylic acids is 1. The van der Waals surface area contributed by atoms with E-state index < -0.39 is 30.0 Å². The van der Waals surface area contributed by atoms with Crippen LogP contribution < -0.4 is 5.32 Å². The Bertz CT molecular complexity index is 711. The lowest BCUT2D eigenvalue weighted by Gasteiger charge is -2.26. The number of aliphatic carboxylic acids is 1. The summed E-state index contributed by atoms with van der Waals surface area (Å²) in [6, 6.07) is 5.38. The minimum absolute atomic E-state index is 0.0374. The highest BCUT2D eigenvalue weighted by molar-refractivity contribution is 7.99. The summed E-state index contributed by atoms with van der Waals surface area (Å²) in [5.74, 6) is -1.78. The largest absolute Gasteiger partial charge is 0.480 e. The summed E-state index contributed by atoms with van der Waals surface area (Å²) in [5, 5.41) is 12.1. The number of benzene rings is 1. The SMILES string of the molecule is O=C(O)C(CCSc1ccccn1)N[C@@H](c1ccc(F)cc1)C(F)(F)F. The Labute approximate surface area is 151 Å². The summed E-state index contributed by atoms with van der Waals surface area (Å²) in [6.07, 6.45) is -3.19. The Morgan fingerprint density at radius 3 is 2.42 bits per heavy atom. The van der Waals surface area contributed by atoms with E-state index in [9.17, 15) is 27.5 Å². The highest BCUT2D eigenvalue weighted by Gasteiger charge is 2.42. The van der Waals surface area contributed by atoms with Crippen LogP contribution in [0.4, 0.5) is 17.6 Å². The summed E-state index contributed by atoms with van der Waals surface area (Å²) in [5.41, 5.74) is -0.248. The van der Waals surface area contributed by atoms with Gasteiger partial charge in [0.1, 0.15) is 17.9 Å². The molecule has 0 aliphatic heterocycles. The maximum atomic E-state index is 13.4. The van der Waals surface area contributed by atoms with Gasteiger partial charge in [-0.05, 0) is 36.2 Å². The van der Waals surface area contributed by atoms with Crippen molar-refractivity contribution in [1.29, 1.82) is 0 Å². The first-order valence-corrected chi connectivity index (χ1v) is 8.61. The molecule has 2 rings (SSSR count). The maximum Gasteiger partial charge on any atom is 0.407 e. The molecule has 1 aromatic carbocycles. The molecule has 0 aliphatic rings. The Kier molecular flexibility index (Phi) is 6.98. The first-order chi connectivity index (χ1) is 12.3. The second kappa shape index (κ2) is 9.00. The van der Waals surface area contributed by atoms with E-state index in [-0.39, 0.29) is 17.7 Å². The van der Waals surface area contributed by atoms with Crippen LogP contribution in [0.15, 0.2) is 53.7 Å². The highest BCUT2D eigenvalue weighted by atomic mass is 32.2. The molecular weight excluding hydrogens is 372 g/mol. The van der Waals surface area contributed by atoms with E-state index in [0.717, 1.165) is 24.3 Å². The van der Waals surface area contributed by atoms with E-state index in [0.29, 0.717) is 5.03 Å². The van der Waals surface area contributed by atoms with Gasteiger partial charge in [0.15, 0.2) is 0 Å². The van der Waals surface area contributed by atoms with Gasteiger partial charge in [-0.15, -0.1) is 11.8 Å².